The van der Waals surface area contributed by atoms with Crippen molar-refractivity contribution in [3.8, 4) is 0 Å². The fraction of sp³-hybridized carbons (Fsp3) is 0.429. The molecule has 6 atom stereocenters. The van der Waals surface area contributed by atoms with Gasteiger partial charge in [-0.25, -0.2) is 14.5 Å². The molecule has 2 aromatic carbocycles. The first kappa shape index (κ1) is 29.7. The summed E-state index contributed by atoms with van der Waals surface area (Å²) in [6, 6.07) is 16.3. The molecule has 230 valence electrons. The van der Waals surface area contributed by atoms with E-state index in [1.165, 1.54) is 7.11 Å². The smallest absolute Gasteiger partial charge is 0.421 e. The molecule has 2 heterocycles. The molecule has 3 amide bonds. The van der Waals surface area contributed by atoms with Crippen LogP contribution in [0, 0.1) is 28.6 Å². The van der Waals surface area contributed by atoms with Crippen LogP contribution in [-0.2, 0) is 35.8 Å². The Labute approximate surface area is 257 Å². The molecule has 0 N–H and O–H groups in total. The monoisotopic (exact) mass is 598 g/mol. The maximum absolute atomic E-state index is 14.1. The number of para-hydroxylation sites is 1. The van der Waals surface area contributed by atoms with Crippen molar-refractivity contribution in [1.82, 2.24) is 4.90 Å². The Kier molecular flexibility index (Phi) is 7.18. The van der Waals surface area contributed by atoms with Crippen LogP contribution in [0.5, 0.6) is 0 Å². The molecule has 0 radical (unpaired) electrons. The van der Waals surface area contributed by atoms with Crippen molar-refractivity contribution in [3.05, 3.63) is 90.5 Å². The fourth-order valence-electron chi connectivity index (χ4n) is 8.14. The molecule has 0 aromatic heterocycles. The third kappa shape index (κ3) is 4.35. The maximum Gasteiger partial charge on any atom is 0.421 e. The van der Waals surface area contributed by atoms with Gasteiger partial charge in [-0.05, 0) is 43.9 Å². The Morgan fingerprint density at radius 1 is 1.02 bits per heavy atom. The number of methoxy groups -OCH3 is 1. The van der Waals surface area contributed by atoms with Gasteiger partial charge in [0.1, 0.15) is 6.61 Å². The zero-order valence-electron chi connectivity index (χ0n) is 25.5. The fourth-order valence-corrected chi connectivity index (χ4v) is 8.14. The molecule has 1 spiro atoms. The van der Waals surface area contributed by atoms with E-state index in [0.29, 0.717) is 12.2 Å². The summed E-state index contributed by atoms with van der Waals surface area (Å²) in [5, 5.41) is 0. The second-order valence-corrected chi connectivity index (χ2v) is 13.3. The van der Waals surface area contributed by atoms with Gasteiger partial charge in [-0.1, -0.05) is 66.8 Å². The van der Waals surface area contributed by atoms with Gasteiger partial charge in [0.15, 0.2) is 0 Å². The van der Waals surface area contributed by atoms with Gasteiger partial charge in [-0.2, -0.15) is 0 Å². The molecule has 2 fully saturated rings. The highest BCUT2D eigenvalue weighted by molar-refractivity contribution is 6.15. The molecule has 1 saturated heterocycles. The van der Waals surface area contributed by atoms with Crippen LogP contribution in [0.4, 0.5) is 15.3 Å². The summed E-state index contributed by atoms with van der Waals surface area (Å²) in [4.78, 5) is 56.4. The summed E-state index contributed by atoms with van der Waals surface area (Å²) in [5.74, 6) is -1.33. The first-order chi connectivity index (χ1) is 21.0. The first-order valence-corrected chi connectivity index (χ1v) is 15.0. The topological polar surface area (TPSA) is 102 Å². The number of hydrogen-bond donors (Lipinski definition) is 0. The van der Waals surface area contributed by atoms with Crippen molar-refractivity contribution in [2.24, 2.45) is 28.6 Å². The zero-order chi connectivity index (χ0) is 31.4. The lowest BCUT2D eigenvalue weighted by molar-refractivity contribution is -0.155. The van der Waals surface area contributed by atoms with E-state index < -0.39 is 40.4 Å². The van der Waals surface area contributed by atoms with Gasteiger partial charge >= 0.3 is 18.2 Å². The van der Waals surface area contributed by atoms with Gasteiger partial charge in [0.25, 0.3) is 0 Å². The van der Waals surface area contributed by atoms with Crippen LogP contribution >= 0.6 is 0 Å². The Morgan fingerprint density at radius 2 is 1.73 bits per heavy atom. The zero-order valence-corrected chi connectivity index (χ0v) is 25.5. The highest BCUT2D eigenvalue weighted by Crippen LogP contribution is 2.70. The van der Waals surface area contributed by atoms with E-state index in [-0.39, 0.29) is 43.4 Å². The van der Waals surface area contributed by atoms with Crippen molar-refractivity contribution in [2.45, 2.75) is 45.3 Å². The number of esters is 1. The van der Waals surface area contributed by atoms with Crippen LogP contribution in [0.15, 0.2) is 79.4 Å². The van der Waals surface area contributed by atoms with Gasteiger partial charge in [0, 0.05) is 41.7 Å². The molecule has 9 nitrogen and oxygen atoms in total. The number of hydrogen-bond acceptors (Lipinski definition) is 7. The van der Waals surface area contributed by atoms with E-state index in [4.69, 9.17) is 14.2 Å². The molecule has 6 rings (SSSR count). The Hall–Kier alpha value is -4.40. The number of fused-ring (bicyclic) bond motifs is 2. The van der Waals surface area contributed by atoms with Crippen LogP contribution in [0.3, 0.4) is 0 Å². The number of likely N-dealkylation sites (tertiary alicyclic amines) is 1. The molecule has 44 heavy (non-hydrogen) atoms. The molecular formula is C35H38N2O7. The average molecular weight is 599 g/mol. The van der Waals surface area contributed by atoms with Gasteiger partial charge < -0.3 is 19.1 Å². The SMILES string of the molecule is C=C[C@]12CN(C(=O)OC)[C@@H]3C(COC(=O)C(C)(C)C)[C@H]1C=C[C@]1(CC(=O)N(C(=O)OCc4ccccc4)c4ccccc41)[C@@H]32. The van der Waals surface area contributed by atoms with Crippen LogP contribution in [0.25, 0.3) is 0 Å². The molecule has 1 saturated carbocycles. The molecule has 2 aliphatic carbocycles. The molecule has 1 unspecified atom stereocenters. The minimum Gasteiger partial charge on any atom is -0.465 e. The van der Waals surface area contributed by atoms with Crippen LogP contribution in [0.1, 0.15) is 38.3 Å². The van der Waals surface area contributed by atoms with Crippen LogP contribution in [-0.4, -0.2) is 55.3 Å². The number of amides is 3. The lowest BCUT2D eigenvalue weighted by atomic mass is 9.54. The second-order valence-electron chi connectivity index (χ2n) is 13.3. The van der Waals surface area contributed by atoms with E-state index in [9.17, 15) is 19.2 Å². The standard InChI is InChI=1S/C35H38N2O7/c1-6-34-21-36(31(40)42-5)28-23(20-43-30(39)33(2,3)4)24(34)16-17-35(29(28)34)18-27(38)37(26-15-11-10-14-25(26)35)32(41)44-19-22-12-8-7-9-13-22/h6-17,23-24,28-29H,1,18-21H2,2-5H3/t23?,24-,28-,29+,34+,35-/m1/s1. The molecule has 9 heteroatoms. The van der Waals surface area contributed by atoms with E-state index in [0.717, 1.165) is 16.0 Å². The number of carbonyl (C=O) groups excluding carboxylic acids is 4. The number of benzene rings is 2. The van der Waals surface area contributed by atoms with E-state index in [2.05, 4.69) is 18.7 Å². The maximum atomic E-state index is 14.1. The van der Waals surface area contributed by atoms with Crippen LogP contribution < -0.4 is 4.90 Å². The normalized spacial score (nSPS) is 29.8. The predicted octanol–water partition coefficient (Wildman–Crippen LogP) is 5.64. The molecule has 2 aromatic rings. The number of nitrogens with zero attached hydrogens (tertiary/aromatic N) is 2. The third-order valence-corrected chi connectivity index (χ3v) is 9.94. The second kappa shape index (κ2) is 10.6. The molecule has 4 aliphatic rings. The summed E-state index contributed by atoms with van der Waals surface area (Å²) in [6.45, 7) is 10.2. The summed E-state index contributed by atoms with van der Waals surface area (Å²) in [5.41, 5.74) is -0.0922. The van der Waals surface area contributed by atoms with Crippen molar-refractivity contribution in [2.75, 3.05) is 25.2 Å². The Morgan fingerprint density at radius 3 is 2.41 bits per heavy atom. The number of allylic oxidation sites excluding steroid dienone is 2. The summed E-state index contributed by atoms with van der Waals surface area (Å²) < 4.78 is 16.7. The largest absolute Gasteiger partial charge is 0.465 e. The van der Waals surface area contributed by atoms with Gasteiger partial charge in [0.05, 0.1) is 24.8 Å². The highest BCUT2D eigenvalue weighted by atomic mass is 16.6. The molecule has 4 bridgehead atoms. The average Bonchev–Trinajstić information content (AvgIpc) is 3.46. The number of anilines is 1. The van der Waals surface area contributed by atoms with E-state index in [1.807, 2.05) is 48.5 Å². The summed E-state index contributed by atoms with van der Waals surface area (Å²) in [7, 11) is 1.35. The number of piperidine rings is 1. The van der Waals surface area contributed by atoms with Gasteiger partial charge in [-0.15, -0.1) is 6.58 Å². The van der Waals surface area contributed by atoms with Crippen LogP contribution in [0.2, 0.25) is 0 Å². The summed E-state index contributed by atoms with van der Waals surface area (Å²) >= 11 is 0. The number of imide groups is 1. The number of ether oxygens (including phenoxy) is 3. The Balaban J connectivity index is 1.40. The predicted molar refractivity (Wildman–Crippen MR) is 162 cm³/mol. The number of rotatable bonds is 5. The quantitative estimate of drug-likeness (QED) is 0.249. The van der Waals surface area contributed by atoms with E-state index >= 15 is 0 Å². The Bertz CT molecular complexity index is 1550. The van der Waals surface area contributed by atoms with Gasteiger partial charge in [-0.3, -0.25) is 9.59 Å². The summed E-state index contributed by atoms with van der Waals surface area (Å²) in [6.07, 6.45) is 4.86. The van der Waals surface area contributed by atoms with Crippen molar-refractivity contribution >= 4 is 29.8 Å². The highest BCUT2D eigenvalue weighted by Gasteiger charge is 2.74. The lowest BCUT2D eigenvalue weighted by Gasteiger charge is -2.50. The lowest BCUT2D eigenvalue weighted by Crippen LogP contribution is -2.54. The van der Waals surface area contributed by atoms with Crippen molar-refractivity contribution in [3.63, 3.8) is 0 Å². The minimum absolute atomic E-state index is 0.00601. The van der Waals surface area contributed by atoms with Crippen molar-refractivity contribution in [1.29, 1.82) is 0 Å². The van der Waals surface area contributed by atoms with Crippen molar-refractivity contribution < 1.29 is 33.4 Å². The first-order valence-electron chi connectivity index (χ1n) is 15.0. The number of carbonyl (C=O) groups is 4. The molecule has 2 aliphatic heterocycles. The minimum atomic E-state index is -0.856. The van der Waals surface area contributed by atoms with E-state index in [1.54, 1.807) is 37.8 Å². The third-order valence-electron chi connectivity index (χ3n) is 9.94. The molecular weight excluding hydrogens is 560 g/mol. The van der Waals surface area contributed by atoms with Gasteiger partial charge in [0.2, 0.25) is 5.91 Å².